The molecule has 1 rings (SSSR count). The first-order chi connectivity index (χ1) is 11.2. The quantitative estimate of drug-likeness (QED) is 0.308. The first-order valence-electron chi connectivity index (χ1n) is 8.54. The second-order valence-corrected chi connectivity index (χ2v) is 6.77. The zero-order valence-electron chi connectivity index (χ0n) is 15.5. The van der Waals surface area contributed by atoms with Crippen LogP contribution >= 0.6 is 0 Å². The van der Waals surface area contributed by atoms with Crippen LogP contribution in [0.3, 0.4) is 0 Å². The van der Waals surface area contributed by atoms with Crippen molar-refractivity contribution in [2.24, 2.45) is 17.8 Å². The molecule has 0 aliphatic carbocycles. The molecule has 0 aromatic heterocycles. The molecule has 1 fully saturated rings. The third kappa shape index (κ3) is 5.87. The second kappa shape index (κ2) is 9.14. The van der Waals surface area contributed by atoms with Crippen molar-refractivity contribution in [1.82, 2.24) is 0 Å². The van der Waals surface area contributed by atoms with Gasteiger partial charge < -0.3 is 19.0 Å². The van der Waals surface area contributed by atoms with Crippen LogP contribution in [0.15, 0.2) is 24.3 Å². The van der Waals surface area contributed by atoms with Gasteiger partial charge >= 0.3 is 5.97 Å². The van der Waals surface area contributed by atoms with Gasteiger partial charge in [-0.2, -0.15) is 0 Å². The number of ether oxygens (including phenoxy) is 3. The van der Waals surface area contributed by atoms with Gasteiger partial charge in [-0.25, -0.2) is 4.79 Å². The van der Waals surface area contributed by atoms with Gasteiger partial charge in [0.05, 0.1) is 18.8 Å². The molecule has 0 N–H and O–H groups in total. The summed E-state index contributed by atoms with van der Waals surface area (Å²) in [4.78, 5) is 22.4. The first-order valence-corrected chi connectivity index (χ1v) is 8.54. The van der Waals surface area contributed by atoms with E-state index in [9.17, 15) is 9.59 Å². The van der Waals surface area contributed by atoms with E-state index in [1.807, 2.05) is 39.8 Å². The standard InChI is InChI=1S/C19H30O5/c1-7-22-16(21)11-9-8-10-13(2)17-15(4)18(14(3)12-20)24-19(5,6)23-17/h8-15,17-18H,7H2,1-6H3/b10-8+,11-9+/t13-,14+,15+,17-,18-/m0/s1. The highest BCUT2D eigenvalue weighted by Crippen LogP contribution is 2.37. The summed E-state index contributed by atoms with van der Waals surface area (Å²) >= 11 is 0. The van der Waals surface area contributed by atoms with Gasteiger partial charge in [-0.05, 0) is 20.8 Å². The van der Waals surface area contributed by atoms with E-state index in [1.54, 1.807) is 13.0 Å². The number of allylic oxidation sites excluding steroid dienone is 2. The molecule has 1 aliphatic rings. The van der Waals surface area contributed by atoms with Gasteiger partial charge in [0, 0.05) is 23.8 Å². The van der Waals surface area contributed by atoms with E-state index in [4.69, 9.17) is 14.2 Å². The molecule has 1 saturated heterocycles. The Morgan fingerprint density at radius 3 is 2.29 bits per heavy atom. The van der Waals surface area contributed by atoms with Gasteiger partial charge in [0.2, 0.25) is 0 Å². The lowest BCUT2D eigenvalue weighted by Gasteiger charge is -2.47. The maximum atomic E-state index is 11.3. The van der Waals surface area contributed by atoms with Crippen LogP contribution in [0, 0.1) is 17.8 Å². The summed E-state index contributed by atoms with van der Waals surface area (Å²) in [5.41, 5.74) is 0. The molecule has 0 radical (unpaired) electrons. The van der Waals surface area contributed by atoms with E-state index >= 15 is 0 Å². The van der Waals surface area contributed by atoms with Crippen LogP contribution in [0.25, 0.3) is 0 Å². The molecule has 0 spiro atoms. The molecule has 1 aliphatic heterocycles. The summed E-state index contributed by atoms with van der Waals surface area (Å²) < 4.78 is 16.9. The zero-order chi connectivity index (χ0) is 18.3. The molecule has 5 atom stereocenters. The van der Waals surface area contributed by atoms with Crippen LogP contribution in [-0.4, -0.2) is 36.9 Å². The molecule has 0 saturated carbocycles. The second-order valence-electron chi connectivity index (χ2n) is 6.77. The number of carbonyl (C=O) groups excluding carboxylic acids is 2. The molecule has 1 heterocycles. The molecule has 5 nitrogen and oxygen atoms in total. The molecular formula is C19H30O5. The normalized spacial score (nSPS) is 29.5. The monoisotopic (exact) mass is 338 g/mol. The average molecular weight is 338 g/mol. The topological polar surface area (TPSA) is 61.8 Å². The molecule has 0 bridgehead atoms. The van der Waals surface area contributed by atoms with Gasteiger partial charge in [0.25, 0.3) is 0 Å². The smallest absolute Gasteiger partial charge is 0.330 e. The van der Waals surface area contributed by atoms with Crippen LogP contribution in [0.4, 0.5) is 0 Å². The van der Waals surface area contributed by atoms with Crippen molar-refractivity contribution in [3.8, 4) is 0 Å². The maximum absolute atomic E-state index is 11.3. The number of esters is 1. The summed E-state index contributed by atoms with van der Waals surface area (Å²) in [5.74, 6) is -1.09. The molecule has 0 aromatic carbocycles. The van der Waals surface area contributed by atoms with Gasteiger partial charge in [0.1, 0.15) is 6.29 Å². The Balaban J connectivity index is 2.78. The van der Waals surface area contributed by atoms with E-state index < -0.39 is 5.79 Å². The van der Waals surface area contributed by atoms with E-state index in [0.717, 1.165) is 6.29 Å². The summed E-state index contributed by atoms with van der Waals surface area (Å²) in [5, 5.41) is 0. The number of hydrogen-bond acceptors (Lipinski definition) is 5. The third-order valence-electron chi connectivity index (χ3n) is 4.17. The van der Waals surface area contributed by atoms with Crippen molar-refractivity contribution < 1.29 is 23.8 Å². The van der Waals surface area contributed by atoms with E-state index in [2.05, 4.69) is 6.92 Å². The molecule has 5 heteroatoms. The molecular weight excluding hydrogens is 308 g/mol. The minimum absolute atomic E-state index is 0.0756. The minimum atomic E-state index is -0.734. The maximum Gasteiger partial charge on any atom is 0.330 e. The summed E-state index contributed by atoms with van der Waals surface area (Å²) in [6.45, 7) is 11.8. The van der Waals surface area contributed by atoms with Crippen molar-refractivity contribution in [3.63, 3.8) is 0 Å². The number of carbonyl (C=O) groups is 2. The van der Waals surface area contributed by atoms with Gasteiger partial charge in [-0.3, -0.25) is 0 Å². The van der Waals surface area contributed by atoms with Crippen LogP contribution in [0.2, 0.25) is 0 Å². The van der Waals surface area contributed by atoms with Crippen LogP contribution < -0.4 is 0 Å². The van der Waals surface area contributed by atoms with Crippen molar-refractivity contribution in [2.45, 2.75) is 59.5 Å². The van der Waals surface area contributed by atoms with Crippen molar-refractivity contribution in [3.05, 3.63) is 24.3 Å². The van der Waals surface area contributed by atoms with Gasteiger partial charge in [-0.15, -0.1) is 0 Å². The minimum Gasteiger partial charge on any atom is -0.463 e. The Bertz CT molecular complexity index is 480. The lowest BCUT2D eigenvalue weighted by atomic mass is 9.82. The highest BCUT2D eigenvalue weighted by Gasteiger charge is 2.44. The molecule has 0 amide bonds. The third-order valence-corrected chi connectivity index (χ3v) is 4.17. The Kier molecular flexibility index (Phi) is 7.84. The van der Waals surface area contributed by atoms with E-state index in [0.29, 0.717) is 6.61 Å². The number of aldehydes is 1. The molecule has 24 heavy (non-hydrogen) atoms. The number of hydrogen-bond donors (Lipinski definition) is 0. The Morgan fingerprint density at radius 1 is 1.17 bits per heavy atom. The van der Waals surface area contributed by atoms with Crippen molar-refractivity contribution in [1.29, 1.82) is 0 Å². The first kappa shape index (κ1) is 20.6. The molecule has 136 valence electrons. The predicted octanol–water partition coefficient (Wildman–Crippen LogP) is 3.29. The Morgan fingerprint density at radius 2 is 1.75 bits per heavy atom. The van der Waals surface area contributed by atoms with E-state index in [-0.39, 0.29) is 35.9 Å². The van der Waals surface area contributed by atoms with Crippen molar-refractivity contribution >= 4 is 12.3 Å². The SMILES string of the molecule is CCOC(=O)/C=C/C=C/[C@H](C)[C@@H]1OC(C)(C)O[C@@H]([C@H](C)C=O)[C@@H]1C. The van der Waals surface area contributed by atoms with Gasteiger partial charge in [0.15, 0.2) is 5.79 Å². The summed E-state index contributed by atoms with van der Waals surface area (Å²) in [6.07, 6.45) is 7.54. The Labute approximate surface area is 145 Å². The fraction of sp³-hybridized carbons (Fsp3) is 0.684. The highest BCUT2D eigenvalue weighted by atomic mass is 16.7. The van der Waals surface area contributed by atoms with Crippen LogP contribution in [0.5, 0.6) is 0 Å². The molecule has 0 unspecified atom stereocenters. The fourth-order valence-corrected chi connectivity index (χ4v) is 3.01. The Hall–Kier alpha value is -1.46. The average Bonchev–Trinajstić information content (AvgIpc) is 2.52. The van der Waals surface area contributed by atoms with E-state index in [1.165, 1.54) is 6.08 Å². The fourth-order valence-electron chi connectivity index (χ4n) is 3.01. The highest BCUT2D eigenvalue weighted by molar-refractivity contribution is 5.82. The summed E-state index contributed by atoms with van der Waals surface area (Å²) in [6, 6.07) is 0. The van der Waals surface area contributed by atoms with Gasteiger partial charge in [-0.1, -0.05) is 39.0 Å². The zero-order valence-corrected chi connectivity index (χ0v) is 15.5. The largest absolute Gasteiger partial charge is 0.463 e. The van der Waals surface area contributed by atoms with Crippen LogP contribution in [-0.2, 0) is 23.8 Å². The van der Waals surface area contributed by atoms with Crippen LogP contribution in [0.1, 0.15) is 41.5 Å². The lowest BCUT2D eigenvalue weighted by molar-refractivity contribution is -0.329. The summed E-state index contributed by atoms with van der Waals surface area (Å²) in [7, 11) is 0. The predicted molar refractivity (Wildman–Crippen MR) is 92.3 cm³/mol. The number of rotatable bonds is 7. The van der Waals surface area contributed by atoms with Crippen molar-refractivity contribution in [2.75, 3.05) is 6.61 Å². The molecule has 0 aromatic rings. The lowest BCUT2D eigenvalue weighted by Crippen LogP contribution is -2.54.